The smallest absolute Gasteiger partial charge is 0.333 e. The van der Waals surface area contributed by atoms with Crippen molar-refractivity contribution < 1.29 is 14.4 Å². The first-order chi connectivity index (χ1) is 11.1. The van der Waals surface area contributed by atoms with Crippen LogP contribution in [0.4, 0.5) is 11.5 Å². The monoisotopic (exact) mass is 318 g/mol. The molecule has 1 aliphatic rings. The zero-order valence-corrected chi connectivity index (χ0v) is 13.0. The van der Waals surface area contributed by atoms with Crippen molar-refractivity contribution in [2.75, 3.05) is 18.5 Å². The second-order valence-electron chi connectivity index (χ2n) is 5.31. The largest absolute Gasteiger partial charge is 0.490 e. The highest BCUT2D eigenvalue weighted by molar-refractivity contribution is 5.60. The molecule has 0 aliphatic carbocycles. The van der Waals surface area contributed by atoms with Gasteiger partial charge in [-0.15, -0.1) is 0 Å². The van der Waals surface area contributed by atoms with Crippen molar-refractivity contribution in [1.82, 2.24) is 9.78 Å². The Morgan fingerprint density at radius 3 is 2.96 bits per heavy atom. The number of ether oxygens (including phenoxy) is 2. The molecular formula is C15H18N4O4. The molecule has 1 aromatic carbocycles. The van der Waals surface area contributed by atoms with E-state index in [0.717, 1.165) is 12.0 Å². The molecule has 23 heavy (non-hydrogen) atoms. The molecule has 8 heteroatoms. The summed E-state index contributed by atoms with van der Waals surface area (Å²) in [5.74, 6) is 1.77. The third-order valence-electron chi connectivity index (χ3n) is 3.67. The lowest BCUT2D eigenvalue weighted by atomic mass is 10.2. The second-order valence-corrected chi connectivity index (χ2v) is 5.31. The number of anilines is 1. The predicted octanol–water partition coefficient (Wildman–Crippen LogP) is 2.41. The summed E-state index contributed by atoms with van der Waals surface area (Å²) in [7, 11) is 1.67. The van der Waals surface area contributed by atoms with E-state index in [2.05, 4.69) is 10.4 Å². The van der Waals surface area contributed by atoms with Gasteiger partial charge in [0.1, 0.15) is 5.69 Å². The Hall–Kier alpha value is -2.77. The highest BCUT2D eigenvalue weighted by Gasteiger charge is 2.24. The van der Waals surface area contributed by atoms with Crippen LogP contribution in [0.1, 0.15) is 17.7 Å². The van der Waals surface area contributed by atoms with Crippen LogP contribution in [0, 0.1) is 17.0 Å². The summed E-state index contributed by atoms with van der Waals surface area (Å²) in [6, 6.07) is 5.66. The van der Waals surface area contributed by atoms with Gasteiger partial charge in [0, 0.05) is 25.6 Å². The van der Waals surface area contributed by atoms with E-state index < -0.39 is 4.92 Å². The minimum absolute atomic E-state index is 0.00770. The van der Waals surface area contributed by atoms with Crippen LogP contribution in [-0.2, 0) is 13.6 Å². The Morgan fingerprint density at radius 2 is 2.17 bits per heavy atom. The Bertz CT molecular complexity index is 741. The van der Waals surface area contributed by atoms with Gasteiger partial charge < -0.3 is 14.8 Å². The van der Waals surface area contributed by atoms with Crippen molar-refractivity contribution in [2.24, 2.45) is 7.05 Å². The number of benzene rings is 1. The van der Waals surface area contributed by atoms with Crippen LogP contribution in [0.15, 0.2) is 18.2 Å². The molecule has 0 saturated heterocycles. The molecule has 0 saturated carbocycles. The van der Waals surface area contributed by atoms with Gasteiger partial charge in [-0.25, -0.2) is 4.68 Å². The van der Waals surface area contributed by atoms with Gasteiger partial charge in [-0.3, -0.25) is 10.1 Å². The molecule has 8 nitrogen and oxygen atoms in total. The fourth-order valence-corrected chi connectivity index (χ4v) is 2.64. The molecule has 0 atom stereocenters. The maximum absolute atomic E-state index is 11.2. The number of fused-ring (bicyclic) bond motifs is 1. The molecule has 0 radical (unpaired) electrons. The van der Waals surface area contributed by atoms with Gasteiger partial charge in [0.2, 0.25) is 5.82 Å². The first-order valence-corrected chi connectivity index (χ1v) is 7.37. The lowest BCUT2D eigenvalue weighted by Crippen LogP contribution is -2.08. The Morgan fingerprint density at radius 1 is 1.39 bits per heavy atom. The van der Waals surface area contributed by atoms with E-state index in [1.54, 1.807) is 14.0 Å². The van der Waals surface area contributed by atoms with Gasteiger partial charge in [0.05, 0.1) is 18.1 Å². The van der Waals surface area contributed by atoms with E-state index in [4.69, 9.17) is 9.47 Å². The average Bonchev–Trinajstić information content (AvgIpc) is 2.68. The first-order valence-electron chi connectivity index (χ1n) is 7.37. The fourth-order valence-electron chi connectivity index (χ4n) is 2.64. The number of nitrogens with zero attached hydrogens (tertiary/aromatic N) is 3. The van der Waals surface area contributed by atoms with E-state index in [1.165, 1.54) is 4.68 Å². The van der Waals surface area contributed by atoms with Gasteiger partial charge in [0.25, 0.3) is 0 Å². The van der Waals surface area contributed by atoms with Crippen molar-refractivity contribution in [3.63, 3.8) is 0 Å². The molecule has 3 rings (SSSR count). The highest BCUT2D eigenvalue weighted by atomic mass is 16.6. The minimum atomic E-state index is -0.421. The predicted molar refractivity (Wildman–Crippen MR) is 84.0 cm³/mol. The van der Waals surface area contributed by atoms with E-state index in [0.29, 0.717) is 42.8 Å². The van der Waals surface area contributed by atoms with Crippen molar-refractivity contribution in [3.8, 4) is 11.5 Å². The van der Waals surface area contributed by atoms with E-state index >= 15 is 0 Å². The summed E-state index contributed by atoms with van der Waals surface area (Å²) in [4.78, 5) is 10.8. The maximum Gasteiger partial charge on any atom is 0.333 e. The topological polar surface area (TPSA) is 91.5 Å². The molecule has 1 aromatic heterocycles. The number of para-hydroxylation sites is 1. The Balaban J connectivity index is 1.86. The summed E-state index contributed by atoms with van der Waals surface area (Å²) in [6.45, 7) is 3.21. The third-order valence-corrected chi connectivity index (χ3v) is 3.67. The van der Waals surface area contributed by atoms with Crippen LogP contribution in [0.5, 0.6) is 11.5 Å². The molecule has 0 spiro atoms. The van der Waals surface area contributed by atoms with Crippen molar-refractivity contribution in [3.05, 3.63) is 39.6 Å². The number of hydrogen-bond donors (Lipinski definition) is 1. The zero-order valence-electron chi connectivity index (χ0n) is 13.0. The quantitative estimate of drug-likeness (QED) is 0.687. The molecule has 1 aliphatic heterocycles. The van der Waals surface area contributed by atoms with E-state index in [9.17, 15) is 10.1 Å². The van der Waals surface area contributed by atoms with Crippen molar-refractivity contribution in [1.29, 1.82) is 0 Å². The van der Waals surface area contributed by atoms with Crippen LogP contribution < -0.4 is 14.8 Å². The van der Waals surface area contributed by atoms with Crippen LogP contribution in [0.25, 0.3) is 0 Å². The second kappa shape index (κ2) is 6.15. The van der Waals surface area contributed by atoms with Crippen molar-refractivity contribution >= 4 is 11.5 Å². The fraction of sp³-hybridized carbons (Fsp3) is 0.400. The van der Waals surface area contributed by atoms with Gasteiger partial charge in [-0.1, -0.05) is 12.1 Å². The summed E-state index contributed by atoms with van der Waals surface area (Å²) < 4.78 is 12.9. The number of hydrogen-bond acceptors (Lipinski definition) is 6. The maximum atomic E-state index is 11.2. The summed E-state index contributed by atoms with van der Waals surface area (Å²) in [5, 5.41) is 18.4. The lowest BCUT2D eigenvalue weighted by Gasteiger charge is -2.13. The molecule has 1 N–H and O–H groups in total. The standard InChI is InChI=1S/C15H18N4O4/c1-10-13(19(20)21)15(18(2)17-10)16-9-11-5-3-6-12-14(11)23-8-4-7-22-12/h3,5-6,16H,4,7-9H2,1-2H3. The van der Waals surface area contributed by atoms with Gasteiger partial charge in [-0.05, 0) is 13.0 Å². The molecule has 0 amide bonds. The first kappa shape index (κ1) is 15.1. The Kier molecular flexibility index (Phi) is 4.05. The normalized spacial score (nSPS) is 13.5. The van der Waals surface area contributed by atoms with Crippen LogP contribution >= 0.6 is 0 Å². The summed E-state index contributed by atoms with van der Waals surface area (Å²) in [5.41, 5.74) is 1.26. The average molecular weight is 318 g/mol. The van der Waals surface area contributed by atoms with Crippen LogP contribution in [0.2, 0.25) is 0 Å². The summed E-state index contributed by atoms with van der Waals surface area (Å²) in [6.07, 6.45) is 0.827. The Labute approximate surface area is 133 Å². The third kappa shape index (κ3) is 2.92. The van der Waals surface area contributed by atoms with E-state index in [1.807, 2.05) is 18.2 Å². The lowest BCUT2D eigenvalue weighted by molar-refractivity contribution is -0.384. The van der Waals surface area contributed by atoms with Crippen LogP contribution in [0.3, 0.4) is 0 Å². The number of nitro groups is 1. The molecule has 2 aromatic rings. The highest BCUT2D eigenvalue weighted by Crippen LogP contribution is 2.34. The van der Waals surface area contributed by atoms with Gasteiger partial charge in [0.15, 0.2) is 11.5 Å². The molecule has 0 fully saturated rings. The molecule has 2 heterocycles. The molecule has 122 valence electrons. The zero-order chi connectivity index (χ0) is 16.4. The van der Waals surface area contributed by atoms with Crippen molar-refractivity contribution in [2.45, 2.75) is 19.9 Å². The van der Waals surface area contributed by atoms with Gasteiger partial charge in [-0.2, -0.15) is 5.10 Å². The van der Waals surface area contributed by atoms with Gasteiger partial charge >= 0.3 is 5.69 Å². The van der Waals surface area contributed by atoms with E-state index in [-0.39, 0.29) is 5.69 Å². The number of aromatic nitrogens is 2. The number of rotatable bonds is 4. The number of nitrogens with one attached hydrogen (secondary N) is 1. The minimum Gasteiger partial charge on any atom is -0.490 e. The SMILES string of the molecule is Cc1nn(C)c(NCc2cccc3c2OCCCO3)c1[N+](=O)[O-]. The van der Waals surface area contributed by atoms with Crippen LogP contribution in [-0.4, -0.2) is 27.9 Å². The molecule has 0 bridgehead atoms. The molecule has 0 unspecified atom stereocenters. The summed E-state index contributed by atoms with van der Waals surface area (Å²) >= 11 is 0. The number of aryl methyl sites for hydroxylation is 2. The molecular weight excluding hydrogens is 300 g/mol.